The third-order valence-corrected chi connectivity index (χ3v) is 5.93. The summed E-state index contributed by atoms with van der Waals surface area (Å²) in [6, 6.07) is 0. The van der Waals surface area contributed by atoms with Crippen LogP contribution in [0.4, 0.5) is 0 Å². The molecule has 0 unspecified atom stereocenters. The third kappa shape index (κ3) is 4.29. The number of aryl methyl sites for hydroxylation is 1. The molecule has 0 saturated heterocycles. The van der Waals surface area contributed by atoms with Crippen LogP contribution < -0.4 is 5.32 Å². The van der Waals surface area contributed by atoms with Crippen LogP contribution in [-0.4, -0.2) is 24.5 Å². The van der Waals surface area contributed by atoms with Crippen LogP contribution >= 0.6 is 11.3 Å². The first-order valence-corrected chi connectivity index (χ1v) is 8.80. The Kier molecular flexibility index (Phi) is 5.28. The summed E-state index contributed by atoms with van der Waals surface area (Å²) in [6.45, 7) is 10.1. The van der Waals surface area contributed by atoms with E-state index in [0.29, 0.717) is 16.9 Å². The van der Waals surface area contributed by atoms with Gasteiger partial charge in [-0.15, -0.1) is 11.3 Å². The molecule has 1 saturated carbocycles. The van der Waals surface area contributed by atoms with Crippen LogP contribution in [0.15, 0.2) is 0 Å². The Morgan fingerprint density at radius 3 is 2.50 bits per heavy atom. The molecule has 1 heterocycles. The Morgan fingerprint density at radius 2 is 1.91 bits per heavy atom. The normalized spacial score (nSPS) is 19.9. The van der Waals surface area contributed by atoms with Gasteiger partial charge in [-0.1, -0.05) is 20.8 Å². The van der Waals surface area contributed by atoms with Crippen molar-refractivity contribution in [2.75, 3.05) is 13.7 Å². The van der Waals surface area contributed by atoms with Gasteiger partial charge in [0.15, 0.2) is 0 Å². The first-order valence-electron chi connectivity index (χ1n) is 7.98. The highest BCUT2D eigenvalue weighted by atomic mass is 32.1. The van der Waals surface area contributed by atoms with Crippen molar-refractivity contribution in [2.24, 2.45) is 10.8 Å². The Bertz CT molecular complexity index is 527. The number of nitrogens with one attached hydrogen (secondary N) is 1. The van der Waals surface area contributed by atoms with Gasteiger partial charge in [0, 0.05) is 13.7 Å². The SMILES string of the molecule is COCc1nc(C)c(C(=O)NCC2(C)CCC(C)(C)CC2)s1. The number of rotatable bonds is 5. The lowest BCUT2D eigenvalue weighted by Crippen LogP contribution is -2.39. The van der Waals surface area contributed by atoms with Gasteiger partial charge in [0.05, 0.1) is 12.3 Å². The van der Waals surface area contributed by atoms with E-state index in [1.165, 1.54) is 37.0 Å². The fraction of sp³-hybridized carbons (Fsp3) is 0.765. The molecule has 4 nitrogen and oxygen atoms in total. The standard InChI is InChI=1S/C17H28N2O2S/c1-12-14(22-13(19-12)10-21-5)15(20)18-11-17(4)8-6-16(2,3)7-9-17/h6-11H2,1-5H3,(H,18,20). The van der Waals surface area contributed by atoms with Crippen molar-refractivity contribution in [3.05, 3.63) is 15.6 Å². The number of methoxy groups -OCH3 is 1. The number of carbonyl (C=O) groups is 1. The Morgan fingerprint density at radius 1 is 1.27 bits per heavy atom. The highest BCUT2D eigenvalue weighted by Crippen LogP contribution is 2.44. The van der Waals surface area contributed by atoms with E-state index in [2.05, 4.69) is 31.1 Å². The van der Waals surface area contributed by atoms with Gasteiger partial charge in [-0.05, 0) is 43.4 Å². The Balaban J connectivity index is 1.92. The maximum absolute atomic E-state index is 12.4. The molecule has 0 aliphatic heterocycles. The quantitative estimate of drug-likeness (QED) is 0.892. The van der Waals surface area contributed by atoms with Gasteiger partial charge in [0.2, 0.25) is 0 Å². The molecule has 1 aromatic rings. The highest BCUT2D eigenvalue weighted by molar-refractivity contribution is 7.13. The van der Waals surface area contributed by atoms with Crippen LogP contribution in [-0.2, 0) is 11.3 Å². The summed E-state index contributed by atoms with van der Waals surface area (Å²) < 4.78 is 5.08. The molecule has 22 heavy (non-hydrogen) atoms. The molecule has 0 bridgehead atoms. The van der Waals surface area contributed by atoms with Gasteiger partial charge in [-0.2, -0.15) is 0 Å². The van der Waals surface area contributed by atoms with Gasteiger partial charge >= 0.3 is 0 Å². The van der Waals surface area contributed by atoms with Gasteiger partial charge in [0.1, 0.15) is 9.88 Å². The first kappa shape index (κ1) is 17.4. The molecule has 1 aromatic heterocycles. The van der Waals surface area contributed by atoms with Crippen LogP contribution in [0.1, 0.15) is 66.8 Å². The minimum Gasteiger partial charge on any atom is -0.378 e. The highest BCUT2D eigenvalue weighted by Gasteiger charge is 2.35. The molecule has 0 aromatic carbocycles. The molecule has 1 aliphatic carbocycles. The number of ether oxygens (including phenoxy) is 1. The topological polar surface area (TPSA) is 51.2 Å². The minimum absolute atomic E-state index is 0.00316. The molecule has 1 fully saturated rings. The van der Waals surface area contributed by atoms with E-state index in [9.17, 15) is 4.79 Å². The summed E-state index contributed by atoms with van der Waals surface area (Å²) in [6.07, 6.45) is 4.82. The fourth-order valence-electron chi connectivity index (χ4n) is 2.93. The second-order valence-electron chi connectivity index (χ2n) is 7.61. The van der Waals surface area contributed by atoms with Crippen molar-refractivity contribution in [2.45, 2.75) is 60.0 Å². The molecule has 1 aliphatic rings. The molecule has 2 rings (SSSR count). The number of carbonyl (C=O) groups excluding carboxylic acids is 1. The molecular formula is C17H28N2O2S. The summed E-state index contributed by atoms with van der Waals surface area (Å²) in [5, 5.41) is 3.98. The van der Waals surface area contributed by atoms with Crippen LogP contribution in [0, 0.1) is 17.8 Å². The van der Waals surface area contributed by atoms with E-state index in [1.54, 1.807) is 7.11 Å². The number of thiazole rings is 1. The summed E-state index contributed by atoms with van der Waals surface area (Å²) in [5.74, 6) is 0.00316. The molecule has 0 spiro atoms. The van der Waals surface area contributed by atoms with Crippen molar-refractivity contribution in [1.29, 1.82) is 0 Å². The van der Waals surface area contributed by atoms with E-state index in [1.807, 2.05) is 6.92 Å². The summed E-state index contributed by atoms with van der Waals surface area (Å²) >= 11 is 1.43. The van der Waals surface area contributed by atoms with Crippen LogP contribution in [0.5, 0.6) is 0 Å². The predicted molar refractivity (Wildman–Crippen MR) is 90.3 cm³/mol. The Hall–Kier alpha value is -0.940. The van der Waals surface area contributed by atoms with E-state index in [-0.39, 0.29) is 11.3 Å². The second kappa shape index (κ2) is 6.67. The lowest BCUT2D eigenvalue weighted by Gasteiger charge is -2.41. The molecular weight excluding hydrogens is 296 g/mol. The van der Waals surface area contributed by atoms with Gasteiger partial charge in [-0.25, -0.2) is 4.98 Å². The number of nitrogens with zero attached hydrogens (tertiary/aromatic N) is 1. The molecule has 1 amide bonds. The van der Waals surface area contributed by atoms with E-state index >= 15 is 0 Å². The van der Waals surface area contributed by atoms with Gasteiger partial charge in [0.25, 0.3) is 5.91 Å². The van der Waals surface area contributed by atoms with E-state index in [4.69, 9.17) is 4.74 Å². The average Bonchev–Trinajstić information content (AvgIpc) is 2.82. The van der Waals surface area contributed by atoms with Crippen LogP contribution in [0.25, 0.3) is 0 Å². The number of hydrogen-bond donors (Lipinski definition) is 1. The summed E-state index contributed by atoms with van der Waals surface area (Å²) in [7, 11) is 1.64. The van der Waals surface area contributed by atoms with E-state index < -0.39 is 0 Å². The lowest BCUT2D eigenvalue weighted by molar-refractivity contribution is 0.0866. The van der Waals surface area contributed by atoms with Crippen molar-refractivity contribution < 1.29 is 9.53 Å². The zero-order chi connectivity index (χ0) is 16.4. The average molecular weight is 324 g/mol. The zero-order valence-corrected chi connectivity index (χ0v) is 15.2. The van der Waals surface area contributed by atoms with Crippen molar-refractivity contribution in [3.63, 3.8) is 0 Å². The van der Waals surface area contributed by atoms with Crippen molar-refractivity contribution in [3.8, 4) is 0 Å². The molecule has 1 N–H and O–H groups in total. The maximum Gasteiger partial charge on any atom is 0.263 e. The summed E-state index contributed by atoms with van der Waals surface area (Å²) in [4.78, 5) is 17.5. The van der Waals surface area contributed by atoms with Gasteiger partial charge < -0.3 is 10.1 Å². The molecule has 124 valence electrons. The monoisotopic (exact) mass is 324 g/mol. The second-order valence-corrected chi connectivity index (χ2v) is 8.70. The summed E-state index contributed by atoms with van der Waals surface area (Å²) in [5.41, 5.74) is 1.47. The smallest absolute Gasteiger partial charge is 0.263 e. The zero-order valence-electron chi connectivity index (χ0n) is 14.4. The number of aromatic nitrogens is 1. The predicted octanol–water partition coefficient (Wildman–Crippen LogP) is 3.93. The van der Waals surface area contributed by atoms with E-state index in [0.717, 1.165) is 17.2 Å². The fourth-order valence-corrected chi connectivity index (χ4v) is 3.88. The maximum atomic E-state index is 12.4. The van der Waals surface area contributed by atoms with Crippen molar-refractivity contribution >= 4 is 17.2 Å². The lowest BCUT2D eigenvalue weighted by atomic mass is 9.66. The number of amides is 1. The largest absolute Gasteiger partial charge is 0.378 e. The van der Waals surface area contributed by atoms with Crippen LogP contribution in [0.2, 0.25) is 0 Å². The Labute approximate surface area is 137 Å². The molecule has 0 radical (unpaired) electrons. The van der Waals surface area contributed by atoms with Crippen LogP contribution in [0.3, 0.4) is 0 Å². The third-order valence-electron chi connectivity index (χ3n) is 4.80. The minimum atomic E-state index is 0.00316. The molecule has 5 heteroatoms. The molecule has 0 atom stereocenters. The number of hydrogen-bond acceptors (Lipinski definition) is 4. The van der Waals surface area contributed by atoms with Crippen molar-refractivity contribution in [1.82, 2.24) is 10.3 Å². The first-order chi connectivity index (χ1) is 10.2. The van der Waals surface area contributed by atoms with Gasteiger partial charge in [-0.3, -0.25) is 4.79 Å².